The SMILES string of the molecule is CC(C)(C)OC(=O)NC(COCc1ccc(OCc2ccc(-c3cccc4c3oc3ccccc34)cc2)cc1)C(=O)O. The number of fused-ring (bicyclic) bond motifs is 3. The molecule has 0 aliphatic heterocycles. The molecule has 1 amide bonds. The molecule has 0 radical (unpaired) electrons. The number of carboxylic acid groups (broad SMARTS) is 1. The van der Waals surface area contributed by atoms with Gasteiger partial charge in [0.15, 0.2) is 6.04 Å². The van der Waals surface area contributed by atoms with E-state index in [1.807, 2.05) is 54.6 Å². The number of carbonyl (C=O) groups excluding carboxylic acids is 1. The molecule has 1 unspecified atom stereocenters. The van der Waals surface area contributed by atoms with Crippen molar-refractivity contribution in [2.45, 2.75) is 45.6 Å². The van der Waals surface area contributed by atoms with E-state index in [1.165, 1.54) is 0 Å². The third-order valence-corrected chi connectivity index (χ3v) is 6.54. The third-order valence-electron chi connectivity index (χ3n) is 6.54. The van der Waals surface area contributed by atoms with Gasteiger partial charge >= 0.3 is 12.1 Å². The Morgan fingerprint density at radius 2 is 1.50 bits per heavy atom. The van der Waals surface area contributed by atoms with Gasteiger partial charge in [0, 0.05) is 16.3 Å². The van der Waals surface area contributed by atoms with Crippen LogP contribution in [0.4, 0.5) is 4.79 Å². The van der Waals surface area contributed by atoms with Crippen molar-refractivity contribution in [1.82, 2.24) is 5.32 Å². The van der Waals surface area contributed by atoms with Crippen molar-refractivity contribution in [3.63, 3.8) is 0 Å². The Morgan fingerprint density at radius 3 is 2.21 bits per heavy atom. The lowest BCUT2D eigenvalue weighted by atomic mass is 10.0. The molecule has 0 saturated heterocycles. The lowest BCUT2D eigenvalue weighted by Gasteiger charge is -2.22. The zero-order chi connectivity index (χ0) is 29.7. The minimum Gasteiger partial charge on any atom is -0.489 e. The number of para-hydroxylation sites is 2. The molecule has 5 rings (SSSR count). The van der Waals surface area contributed by atoms with Gasteiger partial charge in [-0.3, -0.25) is 0 Å². The lowest BCUT2D eigenvalue weighted by molar-refractivity contribution is -0.141. The minimum atomic E-state index is -1.22. The fraction of sp³-hybridized carbons (Fsp3) is 0.235. The zero-order valence-electron chi connectivity index (χ0n) is 23.8. The Morgan fingerprint density at radius 1 is 0.833 bits per heavy atom. The molecular formula is C34H33NO7. The third kappa shape index (κ3) is 7.08. The maximum absolute atomic E-state index is 11.9. The number of ether oxygens (including phenoxy) is 3. The van der Waals surface area contributed by atoms with Gasteiger partial charge < -0.3 is 29.1 Å². The molecule has 0 saturated carbocycles. The van der Waals surface area contributed by atoms with Crippen molar-refractivity contribution < 1.29 is 33.3 Å². The normalized spacial score (nSPS) is 12.3. The summed E-state index contributed by atoms with van der Waals surface area (Å²) in [5.41, 5.74) is 5.01. The van der Waals surface area contributed by atoms with E-state index >= 15 is 0 Å². The molecule has 1 aromatic heterocycles. The number of nitrogens with one attached hydrogen (secondary N) is 1. The highest BCUT2D eigenvalue weighted by molar-refractivity contribution is 6.09. The molecule has 4 aromatic carbocycles. The second-order valence-corrected chi connectivity index (χ2v) is 11.0. The molecule has 8 nitrogen and oxygen atoms in total. The van der Waals surface area contributed by atoms with Gasteiger partial charge in [0.25, 0.3) is 0 Å². The fourth-order valence-corrected chi connectivity index (χ4v) is 4.52. The minimum absolute atomic E-state index is 0.180. The molecule has 1 heterocycles. The van der Waals surface area contributed by atoms with E-state index in [0.29, 0.717) is 12.4 Å². The van der Waals surface area contributed by atoms with Crippen molar-refractivity contribution in [3.8, 4) is 16.9 Å². The predicted molar refractivity (Wildman–Crippen MR) is 160 cm³/mol. The predicted octanol–water partition coefficient (Wildman–Crippen LogP) is 7.33. The maximum Gasteiger partial charge on any atom is 0.408 e. The van der Waals surface area contributed by atoms with Crippen LogP contribution in [-0.2, 0) is 27.5 Å². The number of carbonyl (C=O) groups is 2. The van der Waals surface area contributed by atoms with Crippen LogP contribution in [0.1, 0.15) is 31.9 Å². The molecule has 2 N–H and O–H groups in total. The number of hydrogen-bond donors (Lipinski definition) is 2. The highest BCUT2D eigenvalue weighted by Crippen LogP contribution is 2.35. The smallest absolute Gasteiger partial charge is 0.408 e. The molecule has 42 heavy (non-hydrogen) atoms. The van der Waals surface area contributed by atoms with Crippen LogP contribution in [0.5, 0.6) is 5.75 Å². The average molecular weight is 568 g/mol. The zero-order valence-corrected chi connectivity index (χ0v) is 23.8. The van der Waals surface area contributed by atoms with E-state index in [0.717, 1.165) is 44.2 Å². The Labute approximate surface area is 243 Å². The molecule has 0 aliphatic rings. The summed E-state index contributed by atoms with van der Waals surface area (Å²) < 4.78 is 22.8. The van der Waals surface area contributed by atoms with Crippen molar-refractivity contribution in [2.24, 2.45) is 0 Å². The molecule has 0 spiro atoms. The number of aliphatic carboxylic acids is 1. The van der Waals surface area contributed by atoms with Gasteiger partial charge in [-0.1, -0.05) is 72.8 Å². The van der Waals surface area contributed by atoms with Crippen molar-refractivity contribution in [1.29, 1.82) is 0 Å². The van der Waals surface area contributed by atoms with E-state index < -0.39 is 23.7 Å². The topological polar surface area (TPSA) is 107 Å². The van der Waals surface area contributed by atoms with Crippen LogP contribution >= 0.6 is 0 Å². The summed E-state index contributed by atoms with van der Waals surface area (Å²) in [6, 6.07) is 28.7. The van der Waals surface area contributed by atoms with Crippen LogP contribution in [0.3, 0.4) is 0 Å². The van der Waals surface area contributed by atoms with Crippen molar-refractivity contribution in [3.05, 3.63) is 102 Å². The number of hydrogen-bond acceptors (Lipinski definition) is 6. The average Bonchev–Trinajstić information content (AvgIpc) is 3.34. The summed E-state index contributed by atoms with van der Waals surface area (Å²) in [7, 11) is 0. The molecule has 5 aromatic rings. The second-order valence-electron chi connectivity index (χ2n) is 11.0. The van der Waals surface area contributed by atoms with Gasteiger partial charge in [-0.05, 0) is 55.7 Å². The molecular weight excluding hydrogens is 534 g/mol. The second kappa shape index (κ2) is 12.4. The van der Waals surface area contributed by atoms with Crippen molar-refractivity contribution >= 4 is 34.0 Å². The van der Waals surface area contributed by atoms with Gasteiger partial charge in [0.05, 0.1) is 13.2 Å². The van der Waals surface area contributed by atoms with Gasteiger partial charge in [-0.25, -0.2) is 9.59 Å². The molecule has 216 valence electrons. The largest absolute Gasteiger partial charge is 0.489 e. The summed E-state index contributed by atoms with van der Waals surface area (Å²) in [6.07, 6.45) is -0.807. The summed E-state index contributed by atoms with van der Waals surface area (Å²) in [4.78, 5) is 23.4. The molecule has 0 fully saturated rings. The molecule has 8 heteroatoms. The molecule has 1 atom stereocenters. The first-order valence-electron chi connectivity index (χ1n) is 13.7. The van der Waals surface area contributed by atoms with Gasteiger partial charge in [0.2, 0.25) is 0 Å². The standard InChI is InChI=1S/C34H33NO7/c1-34(2,3)42-33(38)35-29(32(36)37)21-39-19-22-13-17-25(18-14-22)40-20-23-11-15-24(16-12-23)26-8-6-9-28-27-7-4-5-10-30(27)41-31(26)28/h4-18,29H,19-21H2,1-3H3,(H,35,38)(H,36,37). The number of furan rings is 1. The monoisotopic (exact) mass is 567 g/mol. The van der Waals surface area contributed by atoms with E-state index in [1.54, 1.807) is 20.8 Å². The van der Waals surface area contributed by atoms with E-state index in [9.17, 15) is 14.7 Å². The Kier molecular flexibility index (Phi) is 8.45. The van der Waals surface area contributed by atoms with E-state index in [4.69, 9.17) is 18.6 Å². The van der Waals surface area contributed by atoms with E-state index in [-0.39, 0.29) is 13.2 Å². The Bertz CT molecular complexity index is 1680. The number of amides is 1. The van der Waals surface area contributed by atoms with Crippen LogP contribution < -0.4 is 10.1 Å². The van der Waals surface area contributed by atoms with Gasteiger partial charge in [-0.15, -0.1) is 0 Å². The van der Waals surface area contributed by atoms with Crippen LogP contribution in [0, 0.1) is 0 Å². The number of carboxylic acids is 1. The number of rotatable bonds is 10. The number of alkyl carbamates (subject to hydrolysis) is 1. The number of benzene rings is 4. The lowest BCUT2D eigenvalue weighted by Crippen LogP contribution is -2.46. The Hall–Kier alpha value is -4.82. The van der Waals surface area contributed by atoms with E-state index in [2.05, 4.69) is 41.7 Å². The van der Waals surface area contributed by atoms with Gasteiger partial charge in [0.1, 0.15) is 29.1 Å². The molecule has 0 bridgehead atoms. The summed E-state index contributed by atoms with van der Waals surface area (Å²) >= 11 is 0. The first kappa shape index (κ1) is 28.7. The van der Waals surface area contributed by atoms with Crippen LogP contribution in [0.15, 0.2) is 95.4 Å². The van der Waals surface area contributed by atoms with Gasteiger partial charge in [-0.2, -0.15) is 0 Å². The molecule has 0 aliphatic carbocycles. The maximum atomic E-state index is 11.9. The first-order valence-corrected chi connectivity index (χ1v) is 13.7. The fourth-order valence-electron chi connectivity index (χ4n) is 4.52. The Balaban J connectivity index is 1.13. The van der Waals surface area contributed by atoms with Crippen molar-refractivity contribution in [2.75, 3.05) is 6.61 Å². The highest BCUT2D eigenvalue weighted by atomic mass is 16.6. The van der Waals surface area contributed by atoms with Crippen LogP contribution in [0.2, 0.25) is 0 Å². The summed E-state index contributed by atoms with van der Waals surface area (Å²) in [5, 5.41) is 13.9. The quantitative estimate of drug-likeness (QED) is 0.182. The van der Waals surface area contributed by atoms with Crippen LogP contribution in [0.25, 0.3) is 33.1 Å². The van der Waals surface area contributed by atoms with Crippen LogP contribution in [-0.4, -0.2) is 35.4 Å². The first-order chi connectivity index (χ1) is 20.2. The summed E-state index contributed by atoms with van der Waals surface area (Å²) in [6.45, 7) is 5.49. The highest BCUT2D eigenvalue weighted by Gasteiger charge is 2.24. The summed E-state index contributed by atoms with van der Waals surface area (Å²) in [5.74, 6) is -0.505.